The average molecular weight is 329 g/mol. The van der Waals surface area contributed by atoms with Gasteiger partial charge in [-0.3, -0.25) is 19.3 Å². The van der Waals surface area contributed by atoms with Crippen LogP contribution < -0.4 is 4.74 Å². The zero-order valence-electron chi connectivity index (χ0n) is 13.5. The van der Waals surface area contributed by atoms with Crippen molar-refractivity contribution in [3.8, 4) is 5.75 Å². The van der Waals surface area contributed by atoms with E-state index in [0.717, 1.165) is 10.5 Å². The van der Waals surface area contributed by atoms with Crippen LogP contribution in [0.4, 0.5) is 0 Å². The van der Waals surface area contributed by atoms with Crippen molar-refractivity contribution in [1.29, 1.82) is 0 Å². The maximum absolute atomic E-state index is 12.8. The number of amides is 2. The zero-order chi connectivity index (χ0) is 17.3. The van der Waals surface area contributed by atoms with Gasteiger partial charge in [-0.15, -0.1) is 0 Å². The third-order valence-electron chi connectivity index (χ3n) is 4.33. The summed E-state index contributed by atoms with van der Waals surface area (Å²) in [7, 11) is 1.55. The molecule has 0 spiro atoms. The molecule has 2 aliphatic rings. The van der Waals surface area contributed by atoms with Gasteiger partial charge in [-0.1, -0.05) is 18.2 Å². The quantitative estimate of drug-likeness (QED) is 0.469. The first kappa shape index (κ1) is 16.4. The van der Waals surface area contributed by atoms with Gasteiger partial charge in [0.25, 0.3) is 11.8 Å². The molecule has 1 aromatic carbocycles. The number of Topliss-reactive ketones (excluding diaryl/α,β-unsaturated/α-hetero) is 1. The van der Waals surface area contributed by atoms with E-state index in [1.807, 2.05) is 0 Å². The Hall–Kier alpha value is -2.47. The fraction of sp³-hybridized carbons (Fsp3) is 0.389. The van der Waals surface area contributed by atoms with Gasteiger partial charge in [0.2, 0.25) is 0 Å². The third kappa shape index (κ3) is 2.73. The lowest BCUT2D eigenvalue weighted by atomic mass is 9.89. The molecule has 24 heavy (non-hydrogen) atoms. The number of rotatable bonds is 5. The smallest absolute Gasteiger partial charge is 0.266 e. The summed E-state index contributed by atoms with van der Waals surface area (Å²) in [5.41, 5.74) is 1.36. The minimum Gasteiger partial charge on any atom is -0.490 e. The van der Waals surface area contributed by atoms with E-state index < -0.39 is 17.9 Å². The van der Waals surface area contributed by atoms with Gasteiger partial charge in [-0.05, 0) is 25.0 Å². The van der Waals surface area contributed by atoms with Crippen LogP contribution >= 0.6 is 0 Å². The molecule has 0 saturated heterocycles. The van der Waals surface area contributed by atoms with Gasteiger partial charge in [-0.2, -0.15) is 0 Å². The predicted octanol–water partition coefficient (Wildman–Crippen LogP) is 1.99. The summed E-state index contributed by atoms with van der Waals surface area (Å²) < 4.78 is 10.5. The molecule has 1 atom stereocenters. The van der Waals surface area contributed by atoms with Crippen molar-refractivity contribution in [2.75, 3.05) is 20.3 Å². The summed E-state index contributed by atoms with van der Waals surface area (Å²) >= 11 is 0. The summed E-state index contributed by atoms with van der Waals surface area (Å²) in [5, 5.41) is 0. The van der Waals surface area contributed by atoms with Crippen LogP contribution in [0.1, 0.15) is 40.0 Å². The van der Waals surface area contributed by atoms with E-state index in [-0.39, 0.29) is 29.9 Å². The lowest BCUT2D eigenvalue weighted by molar-refractivity contribution is -0.123. The van der Waals surface area contributed by atoms with Crippen LogP contribution in [0, 0.1) is 0 Å². The molecular formula is C18H19NO5. The van der Waals surface area contributed by atoms with E-state index in [4.69, 9.17) is 9.47 Å². The molecule has 0 aromatic heterocycles. The van der Waals surface area contributed by atoms with Crippen molar-refractivity contribution in [2.24, 2.45) is 0 Å². The minimum atomic E-state index is -0.713. The average Bonchev–Trinajstić information content (AvgIpc) is 2.81. The van der Waals surface area contributed by atoms with E-state index in [1.165, 1.54) is 0 Å². The Labute approximate surface area is 140 Å². The largest absolute Gasteiger partial charge is 0.490 e. The monoisotopic (exact) mass is 329 g/mol. The molecule has 0 bridgehead atoms. The highest BCUT2D eigenvalue weighted by Gasteiger charge is 2.45. The van der Waals surface area contributed by atoms with Gasteiger partial charge >= 0.3 is 0 Å². The normalized spacial score (nSPS) is 20.5. The molecule has 0 radical (unpaired) electrons. The highest BCUT2D eigenvalue weighted by molar-refractivity contribution is 6.24. The summed E-state index contributed by atoms with van der Waals surface area (Å²) in [6, 6.07) is 4.19. The van der Waals surface area contributed by atoms with Crippen LogP contribution in [0.3, 0.4) is 0 Å². The number of nitrogens with zero attached hydrogens (tertiary/aromatic N) is 1. The molecule has 6 heteroatoms. The molecule has 0 N–H and O–H groups in total. The Balaban J connectivity index is 1.89. The highest BCUT2D eigenvalue weighted by Crippen LogP contribution is 2.35. The number of hydrogen-bond acceptors (Lipinski definition) is 5. The molecular weight excluding hydrogens is 310 g/mol. The SMILES string of the molecule is C=C1CCC(N2C(=O)c3cccc(OCCOC)c3C2=O)C(=O)C1. The Kier molecular flexibility index (Phi) is 4.49. The van der Waals surface area contributed by atoms with Gasteiger partial charge in [0, 0.05) is 13.5 Å². The van der Waals surface area contributed by atoms with Gasteiger partial charge in [0.05, 0.1) is 23.8 Å². The molecule has 6 nitrogen and oxygen atoms in total. The lowest BCUT2D eigenvalue weighted by Crippen LogP contribution is -2.46. The molecule has 1 unspecified atom stereocenters. The lowest BCUT2D eigenvalue weighted by Gasteiger charge is -2.29. The highest BCUT2D eigenvalue weighted by atomic mass is 16.5. The Morgan fingerprint density at radius 3 is 2.71 bits per heavy atom. The zero-order valence-corrected chi connectivity index (χ0v) is 13.5. The van der Waals surface area contributed by atoms with E-state index in [9.17, 15) is 14.4 Å². The molecule has 1 fully saturated rings. The van der Waals surface area contributed by atoms with Gasteiger partial charge in [0.15, 0.2) is 5.78 Å². The molecule has 1 saturated carbocycles. The first-order valence-electron chi connectivity index (χ1n) is 7.86. The van der Waals surface area contributed by atoms with E-state index in [1.54, 1.807) is 25.3 Å². The van der Waals surface area contributed by atoms with Crippen molar-refractivity contribution in [2.45, 2.75) is 25.3 Å². The number of allylic oxidation sites excluding steroid dienone is 1. The predicted molar refractivity (Wildman–Crippen MR) is 86.1 cm³/mol. The van der Waals surface area contributed by atoms with Crippen molar-refractivity contribution in [3.05, 3.63) is 41.5 Å². The molecule has 1 aliphatic heterocycles. The van der Waals surface area contributed by atoms with Crippen molar-refractivity contribution < 1.29 is 23.9 Å². The molecule has 1 aliphatic carbocycles. The molecule has 1 heterocycles. The van der Waals surface area contributed by atoms with E-state index in [0.29, 0.717) is 25.2 Å². The van der Waals surface area contributed by atoms with Crippen LogP contribution in [0.25, 0.3) is 0 Å². The Morgan fingerprint density at radius 2 is 2.00 bits per heavy atom. The standard InChI is InChI=1S/C18H19NO5/c1-11-6-7-13(14(20)10-11)19-17(21)12-4-3-5-15(16(12)18(19)22)24-9-8-23-2/h3-5,13H,1,6-10H2,2H3. The summed E-state index contributed by atoms with van der Waals surface area (Å²) in [4.78, 5) is 38.8. The molecule has 3 rings (SSSR count). The second kappa shape index (κ2) is 6.57. The third-order valence-corrected chi connectivity index (χ3v) is 4.33. The number of fused-ring (bicyclic) bond motifs is 1. The number of carbonyl (C=O) groups is 3. The van der Waals surface area contributed by atoms with Crippen molar-refractivity contribution in [1.82, 2.24) is 4.90 Å². The second-order valence-corrected chi connectivity index (χ2v) is 5.95. The Morgan fingerprint density at radius 1 is 1.21 bits per heavy atom. The van der Waals surface area contributed by atoms with Crippen LogP contribution in [-0.2, 0) is 9.53 Å². The number of ether oxygens (including phenoxy) is 2. The van der Waals surface area contributed by atoms with E-state index in [2.05, 4.69) is 6.58 Å². The number of ketones is 1. The first-order valence-corrected chi connectivity index (χ1v) is 7.86. The second-order valence-electron chi connectivity index (χ2n) is 5.95. The minimum absolute atomic E-state index is 0.136. The summed E-state index contributed by atoms with van der Waals surface area (Å²) in [6.07, 6.45) is 1.29. The maximum atomic E-state index is 12.8. The van der Waals surface area contributed by atoms with Crippen molar-refractivity contribution in [3.63, 3.8) is 0 Å². The molecule has 1 aromatic rings. The first-order chi connectivity index (χ1) is 11.5. The van der Waals surface area contributed by atoms with E-state index >= 15 is 0 Å². The van der Waals surface area contributed by atoms with Crippen molar-refractivity contribution >= 4 is 17.6 Å². The number of carbonyl (C=O) groups excluding carboxylic acids is 3. The van der Waals surface area contributed by atoms with Gasteiger partial charge in [-0.25, -0.2) is 0 Å². The van der Waals surface area contributed by atoms with Crippen LogP contribution in [0.2, 0.25) is 0 Å². The maximum Gasteiger partial charge on any atom is 0.266 e. The fourth-order valence-corrected chi connectivity index (χ4v) is 3.14. The number of imide groups is 1. The summed E-state index contributed by atoms with van der Waals surface area (Å²) in [5.74, 6) is -0.687. The number of methoxy groups -OCH3 is 1. The Bertz CT molecular complexity index is 724. The van der Waals surface area contributed by atoms with Gasteiger partial charge < -0.3 is 9.47 Å². The van der Waals surface area contributed by atoms with Crippen LogP contribution in [0.15, 0.2) is 30.4 Å². The number of benzene rings is 1. The fourth-order valence-electron chi connectivity index (χ4n) is 3.14. The molecule has 126 valence electrons. The van der Waals surface area contributed by atoms with Crippen LogP contribution in [-0.4, -0.2) is 48.9 Å². The topological polar surface area (TPSA) is 72.9 Å². The molecule has 2 amide bonds. The van der Waals surface area contributed by atoms with Gasteiger partial charge in [0.1, 0.15) is 12.4 Å². The van der Waals surface area contributed by atoms with Crippen LogP contribution in [0.5, 0.6) is 5.75 Å². The number of hydrogen-bond donors (Lipinski definition) is 0. The summed E-state index contributed by atoms with van der Waals surface area (Å²) in [6.45, 7) is 4.47.